The van der Waals surface area contributed by atoms with E-state index in [1.807, 2.05) is 32.0 Å². The van der Waals surface area contributed by atoms with Gasteiger partial charge in [0.15, 0.2) is 0 Å². The molecular weight excluding hydrogens is 202 g/mol. The molecule has 1 aromatic carbocycles. The van der Waals surface area contributed by atoms with Crippen molar-refractivity contribution in [1.29, 1.82) is 0 Å². The third-order valence-electron chi connectivity index (χ3n) is 2.43. The Bertz CT molecular complexity index is 350. The quantitative estimate of drug-likeness (QED) is 0.833. The molecule has 2 rings (SSSR count). The van der Waals surface area contributed by atoms with E-state index in [1.165, 1.54) is 5.56 Å². The summed E-state index contributed by atoms with van der Waals surface area (Å²) in [6, 6.07) is 7.92. The second-order valence-electron chi connectivity index (χ2n) is 3.56. The van der Waals surface area contributed by atoms with Crippen molar-refractivity contribution in [2.75, 3.05) is 0 Å². The number of carbonyl (C=O) groups is 1. The van der Waals surface area contributed by atoms with Crippen LogP contribution in [0.3, 0.4) is 0 Å². The van der Waals surface area contributed by atoms with Crippen molar-refractivity contribution in [3.63, 3.8) is 0 Å². The van der Waals surface area contributed by atoms with Gasteiger partial charge in [0.05, 0.1) is 6.42 Å². The number of hydrogen-bond acceptors (Lipinski definition) is 2. The fourth-order valence-corrected chi connectivity index (χ4v) is 1.75. The van der Waals surface area contributed by atoms with Gasteiger partial charge in [-0.2, -0.15) is 0 Å². The van der Waals surface area contributed by atoms with Gasteiger partial charge in [-0.05, 0) is 24.5 Å². The molecule has 1 atom stereocenters. The van der Waals surface area contributed by atoms with E-state index in [9.17, 15) is 4.79 Å². The Kier molecular flexibility index (Phi) is 4.83. The van der Waals surface area contributed by atoms with E-state index >= 15 is 0 Å². The molecule has 1 aromatic rings. The lowest BCUT2D eigenvalue weighted by Crippen LogP contribution is -2.28. The van der Waals surface area contributed by atoms with Crippen LogP contribution < -0.4 is 10.5 Å². The van der Waals surface area contributed by atoms with Crippen LogP contribution in [-0.4, -0.2) is 12.0 Å². The molecule has 1 aliphatic heterocycles. The minimum atomic E-state index is -0.297. The zero-order valence-electron chi connectivity index (χ0n) is 9.90. The Balaban J connectivity index is 0.000000606. The molecule has 1 heterocycles. The summed E-state index contributed by atoms with van der Waals surface area (Å²) >= 11 is 0. The molecule has 0 saturated carbocycles. The summed E-state index contributed by atoms with van der Waals surface area (Å²) in [7, 11) is 0. The number of nitrogens with two attached hydrogens (primary N) is 1. The average molecular weight is 221 g/mol. The zero-order valence-corrected chi connectivity index (χ0v) is 9.90. The highest BCUT2D eigenvalue weighted by atomic mass is 16.5. The predicted molar refractivity (Wildman–Crippen MR) is 64.3 cm³/mol. The number of hydrogen-bond donors (Lipinski definition) is 1. The molecule has 88 valence electrons. The highest BCUT2D eigenvalue weighted by molar-refractivity contribution is 5.74. The first kappa shape index (κ1) is 12.6. The lowest BCUT2D eigenvalue weighted by atomic mass is 10.0. The number of para-hydroxylation sites is 1. The van der Waals surface area contributed by atoms with Crippen LogP contribution in [0.1, 0.15) is 32.3 Å². The van der Waals surface area contributed by atoms with Crippen LogP contribution in [0.25, 0.3) is 0 Å². The number of aryl methyl sites for hydroxylation is 1. The van der Waals surface area contributed by atoms with Crippen molar-refractivity contribution in [1.82, 2.24) is 0 Å². The van der Waals surface area contributed by atoms with Crippen LogP contribution in [-0.2, 0) is 11.2 Å². The number of carbonyl (C=O) groups excluding carboxylic acids is 1. The van der Waals surface area contributed by atoms with Crippen LogP contribution >= 0.6 is 0 Å². The largest absolute Gasteiger partial charge is 0.490 e. The van der Waals surface area contributed by atoms with Gasteiger partial charge in [-0.3, -0.25) is 4.79 Å². The van der Waals surface area contributed by atoms with Gasteiger partial charge in [0.1, 0.15) is 11.9 Å². The number of amides is 1. The monoisotopic (exact) mass is 221 g/mol. The molecular formula is C13H19NO2. The van der Waals surface area contributed by atoms with Crippen LogP contribution in [0.15, 0.2) is 24.3 Å². The zero-order chi connectivity index (χ0) is 12.0. The van der Waals surface area contributed by atoms with Gasteiger partial charge in [-0.1, -0.05) is 32.0 Å². The lowest BCUT2D eigenvalue weighted by molar-refractivity contribution is -0.119. The normalized spacial score (nSPS) is 17.5. The predicted octanol–water partition coefficient (Wildman–Crippen LogP) is 2.28. The van der Waals surface area contributed by atoms with Crippen LogP contribution in [0, 0.1) is 0 Å². The smallest absolute Gasteiger partial charge is 0.221 e. The Labute approximate surface area is 96.6 Å². The van der Waals surface area contributed by atoms with E-state index < -0.39 is 0 Å². The molecule has 0 aliphatic carbocycles. The highest BCUT2D eigenvalue weighted by Crippen LogP contribution is 2.27. The summed E-state index contributed by atoms with van der Waals surface area (Å²) in [4.78, 5) is 10.7. The molecule has 3 heteroatoms. The summed E-state index contributed by atoms with van der Waals surface area (Å²) in [5, 5.41) is 0. The molecule has 0 aromatic heterocycles. The molecule has 0 radical (unpaired) electrons. The van der Waals surface area contributed by atoms with Gasteiger partial charge in [0.2, 0.25) is 5.91 Å². The molecule has 16 heavy (non-hydrogen) atoms. The molecule has 0 fully saturated rings. The SMILES string of the molecule is CC.NC(=O)CC1CCc2ccccc2O1. The minimum Gasteiger partial charge on any atom is -0.490 e. The van der Waals surface area contributed by atoms with E-state index in [2.05, 4.69) is 6.07 Å². The van der Waals surface area contributed by atoms with E-state index in [0.29, 0.717) is 6.42 Å². The molecule has 1 unspecified atom stereocenters. The van der Waals surface area contributed by atoms with Crippen molar-refractivity contribution in [2.45, 2.75) is 39.2 Å². The summed E-state index contributed by atoms with van der Waals surface area (Å²) in [5.41, 5.74) is 6.34. The Morgan fingerprint density at radius 3 is 2.81 bits per heavy atom. The fourth-order valence-electron chi connectivity index (χ4n) is 1.75. The number of rotatable bonds is 2. The lowest BCUT2D eigenvalue weighted by Gasteiger charge is -2.24. The summed E-state index contributed by atoms with van der Waals surface area (Å²) in [5.74, 6) is 0.597. The number of benzene rings is 1. The third kappa shape index (κ3) is 3.26. The summed E-state index contributed by atoms with van der Waals surface area (Å²) in [6.07, 6.45) is 2.12. The van der Waals surface area contributed by atoms with E-state index in [-0.39, 0.29) is 12.0 Å². The van der Waals surface area contributed by atoms with E-state index in [4.69, 9.17) is 10.5 Å². The van der Waals surface area contributed by atoms with Crippen molar-refractivity contribution in [2.24, 2.45) is 5.73 Å². The third-order valence-corrected chi connectivity index (χ3v) is 2.43. The first-order valence-electron chi connectivity index (χ1n) is 5.78. The molecule has 1 aliphatic rings. The molecule has 1 amide bonds. The Morgan fingerprint density at radius 2 is 2.12 bits per heavy atom. The van der Waals surface area contributed by atoms with Crippen LogP contribution in [0.4, 0.5) is 0 Å². The van der Waals surface area contributed by atoms with Gasteiger partial charge in [0, 0.05) is 0 Å². The summed E-state index contributed by atoms with van der Waals surface area (Å²) < 4.78 is 5.64. The van der Waals surface area contributed by atoms with E-state index in [0.717, 1.165) is 18.6 Å². The van der Waals surface area contributed by atoms with Gasteiger partial charge >= 0.3 is 0 Å². The van der Waals surface area contributed by atoms with Gasteiger partial charge in [-0.15, -0.1) is 0 Å². The van der Waals surface area contributed by atoms with E-state index in [1.54, 1.807) is 0 Å². The first-order chi connectivity index (χ1) is 7.75. The molecule has 2 N–H and O–H groups in total. The maximum Gasteiger partial charge on any atom is 0.221 e. The minimum absolute atomic E-state index is 0.0394. The molecule has 0 saturated heterocycles. The second-order valence-corrected chi connectivity index (χ2v) is 3.56. The number of fused-ring (bicyclic) bond motifs is 1. The Hall–Kier alpha value is -1.51. The maximum atomic E-state index is 10.7. The molecule has 0 bridgehead atoms. The van der Waals surface area contributed by atoms with Crippen molar-refractivity contribution in [3.8, 4) is 5.75 Å². The van der Waals surface area contributed by atoms with Crippen LogP contribution in [0.5, 0.6) is 5.75 Å². The van der Waals surface area contributed by atoms with Crippen molar-refractivity contribution >= 4 is 5.91 Å². The number of ether oxygens (including phenoxy) is 1. The highest BCUT2D eigenvalue weighted by Gasteiger charge is 2.20. The topological polar surface area (TPSA) is 52.3 Å². The standard InChI is InChI=1S/C11H13NO2.C2H6/c12-11(13)7-9-6-5-8-3-1-2-4-10(8)14-9;1-2/h1-4,9H,5-7H2,(H2,12,13);1-2H3. The maximum absolute atomic E-state index is 10.7. The van der Waals surface area contributed by atoms with Gasteiger partial charge in [-0.25, -0.2) is 0 Å². The van der Waals surface area contributed by atoms with Crippen molar-refractivity contribution < 1.29 is 9.53 Å². The average Bonchev–Trinajstić information content (AvgIpc) is 2.31. The van der Waals surface area contributed by atoms with Gasteiger partial charge in [0.25, 0.3) is 0 Å². The summed E-state index contributed by atoms with van der Waals surface area (Å²) in [6.45, 7) is 4.00. The molecule has 0 spiro atoms. The van der Waals surface area contributed by atoms with Crippen molar-refractivity contribution in [3.05, 3.63) is 29.8 Å². The van der Waals surface area contributed by atoms with Crippen LogP contribution in [0.2, 0.25) is 0 Å². The fraction of sp³-hybridized carbons (Fsp3) is 0.462. The Morgan fingerprint density at radius 1 is 1.44 bits per heavy atom. The number of primary amides is 1. The first-order valence-corrected chi connectivity index (χ1v) is 5.78. The molecule has 3 nitrogen and oxygen atoms in total. The second kappa shape index (κ2) is 6.16. The van der Waals surface area contributed by atoms with Gasteiger partial charge < -0.3 is 10.5 Å².